The second-order valence-electron chi connectivity index (χ2n) is 5.57. The average Bonchev–Trinajstić information content (AvgIpc) is 3.15. The summed E-state index contributed by atoms with van der Waals surface area (Å²) in [5, 5.41) is 7.03. The van der Waals surface area contributed by atoms with Gasteiger partial charge in [-0.15, -0.1) is 0 Å². The largest absolute Gasteiger partial charge is 0.494 e. The van der Waals surface area contributed by atoms with Crippen LogP contribution in [0.3, 0.4) is 0 Å². The van der Waals surface area contributed by atoms with Crippen molar-refractivity contribution in [1.29, 1.82) is 0 Å². The molecular weight excluding hydrogens is 407 g/mol. The van der Waals surface area contributed by atoms with Crippen LogP contribution in [0.25, 0.3) is 11.3 Å². The number of hydrogen-bond donors (Lipinski definition) is 1. The molecular formula is C19H16Cl2N2O5. The molecule has 0 bridgehead atoms. The fourth-order valence-electron chi connectivity index (χ4n) is 2.54. The summed E-state index contributed by atoms with van der Waals surface area (Å²) in [7, 11) is 4.54. The number of halogens is 2. The minimum absolute atomic E-state index is 0.165. The summed E-state index contributed by atoms with van der Waals surface area (Å²) in [5.41, 5.74) is 1.50. The van der Waals surface area contributed by atoms with Gasteiger partial charge in [0.1, 0.15) is 5.69 Å². The van der Waals surface area contributed by atoms with E-state index in [-0.39, 0.29) is 21.5 Å². The van der Waals surface area contributed by atoms with Gasteiger partial charge in [-0.3, -0.25) is 10.1 Å². The third-order valence-electron chi connectivity index (χ3n) is 3.89. The van der Waals surface area contributed by atoms with Crippen LogP contribution in [-0.2, 0) is 0 Å². The van der Waals surface area contributed by atoms with Gasteiger partial charge >= 0.3 is 0 Å². The lowest BCUT2D eigenvalue weighted by Gasteiger charge is -2.08. The van der Waals surface area contributed by atoms with E-state index in [1.807, 2.05) is 0 Å². The molecule has 28 heavy (non-hydrogen) atoms. The van der Waals surface area contributed by atoms with Gasteiger partial charge in [0, 0.05) is 17.2 Å². The molecule has 0 saturated heterocycles. The summed E-state index contributed by atoms with van der Waals surface area (Å²) in [6.45, 7) is 0. The zero-order valence-electron chi connectivity index (χ0n) is 15.2. The van der Waals surface area contributed by atoms with Gasteiger partial charge in [0.25, 0.3) is 5.91 Å². The van der Waals surface area contributed by atoms with E-state index in [0.717, 1.165) is 5.56 Å². The van der Waals surface area contributed by atoms with Crippen LogP contribution in [0.4, 0.5) is 5.88 Å². The first-order valence-electron chi connectivity index (χ1n) is 8.00. The monoisotopic (exact) mass is 422 g/mol. The van der Waals surface area contributed by atoms with Crippen molar-refractivity contribution in [1.82, 2.24) is 5.16 Å². The molecule has 3 aromatic rings. The van der Waals surface area contributed by atoms with Gasteiger partial charge in [0.05, 0.1) is 31.4 Å². The number of hydrogen-bond acceptors (Lipinski definition) is 6. The maximum Gasteiger partial charge on any atom is 0.258 e. The first-order chi connectivity index (χ1) is 13.5. The van der Waals surface area contributed by atoms with E-state index in [0.29, 0.717) is 22.9 Å². The summed E-state index contributed by atoms with van der Waals surface area (Å²) >= 11 is 12.1. The molecule has 2 aromatic carbocycles. The van der Waals surface area contributed by atoms with E-state index < -0.39 is 5.91 Å². The average molecular weight is 423 g/mol. The van der Waals surface area contributed by atoms with Gasteiger partial charge in [-0.25, -0.2) is 0 Å². The van der Waals surface area contributed by atoms with Gasteiger partial charge in [-0.05, 0) is 30.3 Å². The number of amides is 1. The Morgan fingerprint density at radius 3 is 2.25 bits per heavy atom. The van der Waals surface area contributed by atoms with Crippen LogP contribution < -0.4 is 19.5 Å². The lowest BCUT2D eigenvalue weighted by atomic mass is 10.1. The number of anilines is 1. The van der Waals surface area contributed by atoms with Crippen LogP contribution in [0.15, 0.2) is 40.9 Å². The predicted octanol–water partition coefficient (Wildman–Crippen LogP) is 4.93. The Morgan fingerprint density at radius 1 is 0.964 bits per heavy atom. The Kier molecular flexibility index (Phi) is 5.96. The maximum atomic E-state index is 12.5. The van der Waals surface area contributed by atoms with Crippen LogP contribution in [0.1, 0.15) is 10.4 Å². The van der Waals surface area contributed by atoms with E-state index in [1.54, 1.807) is 38.5 Å². The number of methoxy groups -OCH3 is 3. The van der Waals surface area contributed by atoms with Gasteiger partial charge in [0.2, 0.25) is 5.88 Å². The molecule has 1 aromatic heterocycles. The number of rotatable bonds is 6. The Bertz CT molecular complexity index is 996. The summed E-state index contributed by atoms with van der Waals surface area (Å²) in [5.74, 6) is 1.15. The first-order valence-corrected chi connectivity index (χ1v) is 8.76. The number of ether oxygens (including phenoxy) is 3. The predicted molar refractivity (Wildman–Crippen MR) is 106 cm³/mol. The molecule has 3 rings (SSSR count). The van der Waals surface area contributed by atoms with Gasteiger partial charge in [-0.1, -0.05) is 28.4 Å². The van der Waals surface area contributed by atoms with Crippen LogP contribution in [0, 0.1) is 0 Å². The SMILES string of the molecule is COc1ccc(-c2cc(NC(=O)c3cc(Cl)c(OC)c(Cl)c3)on2)cc1OC. The molecule has 0 unspecified atom stereocenters. The normalized spacial score (nSPS) is 10.5. The van der Waals surface area contributed by atoms with Crippen LogP contribution in [0.5, 0.6) is 17.2 Å². The summed E-state index contributed by atoms with van der Waals surface area (Å²) in [4.78, 5) is 12.5. The summed E-state index contributed by atoms with van der Waals surface area (Å²) in [6, 6.07) is 9.80. The van der Waals surface area contributed by atoms with Crippen molar-refractivity contribution < 1.29 is 23.5 Å². The standard InChI is InChI=1S/C19H16Cl2N2O5/c1-25-15-5-4-10(8-16(15)26-2)14-9-17(28-23-14)22-19(24)11-6-12(20)18(27-3)13(21)7-11/h4-9H,1-3H3,(H,22,24). The molecule has 1 heterocycles. The molecule has 0 aliphatic rings. The zero-order chi connectivity index (χ0) is 20.3. The molecule has 1 N–H and O–H groups in total. The van der Waals surface area contributed by atoms with Crippen molar-refractivity contribution in [2.75, 3.05) is 26.6 Å². The third kappa shape index (κ3) is 4.00. The molecule has 0 aliphatic carbocycles. The second kappa shape index (κ2) is 8.41. The van der Waals surface area contributed by atoms with Crippen molar-refractivity contribution in [2.24, 2.45) is 0 Å². The number of nitrogens with zero attached hydrogens (tertiary/aromatic N) is 1. The Morgan fingerprint density at radius 2 is 1.64 bits per heavy atom. The molecule has 0 saturated carbocycles. The molecule has 146 valence electrons. The molecule has 1 amide bonds. The lowest BCUT2D eigenvalue weighted by Crippen LogP contribution is -2.11. The Hall–Kier alpha value is -2.90. The van der Waals surface area contributed by atoms with E-state index >= 15 is 0 Å². The molecule has 0 fully saturated rings. The highest BCUT2D eigenvalue weighted by molar-refractivity contribution is 6.37. The van der Waals surface area contributed by atoms with Gasteiger partial charge in [-0.2, -0.15) is 0 Å². The van der Waals surface area contributed by atoms with Crippen molar-refractivity contribution in [3.05, 3.63) is 52.0 Å². The highest BCUT2D eigenvalue weighted by Gasteiger charge is 2.16. The minimum Gasteiger partial charge on any atom is -0.494 e. The third-order valence-corrected chi connectivity index (χ3v) is 4.45. The molecule has 9 heteroatoms. The van der Waals surface area contributed by atoms with Gasteiger partial charge < -0.3 is 18.7 Å². The zero-order valence-corrected chi connectivity index (χ0v) is 16.7. The fraction of sp³-hybridized carbons (Fsp3) is 0.158. The topological polar surface area (TPSA) is 82.8 Å². The van der Waals surface area contributed by atoms with Gasteiger partial charge in [0.15, 0.2) is 17.2 Å². The summed E-state index contributed by atoms with van der Waals surface area (Å²) < 4.78 is 20.8. The first kappa shape index (κ1) is 19.9. The molecule has 0 radical (unpaired) electrons. The van der Waals surface area contributed by atoms with Crippen LogP contribution in [0.2, 0.25) is 10.0 Å². The van der Waals surface area contributed by atoms with Crippen LogP contribution >= 0.6 is 23.2 Å². The summed E-state index contributed by atoms with van der Waals surface area (Å²) in [6.07, 6.45) is 0. The number of carbonyl (C=O) groups excluding carboxylic acids is 1. The van der Waals surface area contributed by atoms with E-state index in [4.69, 9.17) is 41.9 Å². The quantitative estimate of drug-likeness (QED) is 0.606. The molecule has 0 atom stereocenters. The van der Waals surface area contributed by atoms with E-state index in [1.165, 1.54) is 19.2 Å². The molecule has 7 nitrogen and oxygen atoms in total. The number of aromatic nitrogens is 1. The fourth-order valence-corrected chi connectivity index (χ4v) is 3.18. The van der Waals surface area contributed by atoms with Crippen molar-refractivity contribution in [3.63, 3.8) is 0 Å². The van der Waals surface area contributed by atoms with Crippen molar-refractivity contribution >= 4 is 35.0 Å². The number of nitrogens with one attached hydrogen (secondary N) is 1. The van der Waals surface area contributed by atoms with E-state index in [2.05, 4.69) is 10.5 Å². The second-order valence-corrected chi connectivity index (χ2v) is 6.39. The Labute approximate surface area is 171 Å². The lowest BCUT2D eigenvalue weighted by molar-refractivity contribution is 0.102. The number of benzene rings is 2. The highest BCUT2D eigenvalue weighted by Crippen LogP contribution is 2.35. The molecule has 0 aliphatic heterocycles. The van der Waals surface area contributed by atoms with Crippen LogP contribution in [-0.4, -0.2) is 32.4 Å². The Balaban J connectivity index is 1.81. The molecule has 0 spiro atoms. The number of carbonyl (C=O) groups is 1. The van der Waals surface area contributed by atoms with Crippen molar-refractivity contribution in [2.45, 2.75) is 0 Å². The highest BCUT2D eigenvalue weighted by atomic mass is 35.5. The minimum atomic E-state index is -0.457. The van der Waals surface area contributed by atoms with Crippen molar-refractivity contribution in [3.8, 4) is 28.5 Å². The smallest absolute Gasteiger partial charge is 0.258 e. The maximum absolute atomic E-state index is 12.5. The van der Waals surface area contributed by atoms with E-state index in [9.17, 15) is 4.79 Å².